The van der Waals surface area contributed by atoms with Crippen molar-refractivity contribution in [2.24, 2.45) is 11.8 Å². The molecule has 0 aliphatic heterocycles. The minimum atomic E-state index is -3.51. The minimum Gasteiger partial charge on any atom is -0.481 e. The van der Waals surface area contributed by atoms with Gasteiger partial charge in [0.15, 0.2) is 0 Å². The average molecular weight is 250 g/mol. The Morgan fingerprint density at radius 3 is 2.56 bits per heavy atom. The zero-order valence-electron chi connectivity index (χ0n) is 9.51. The molecule has 2 unspecified atom stereocenters. The lowest BCUT2D eigenvalue weighted by Crippen LogP contribution is -2.40. The van der Waals surface area contributed by atoms with Gasteiger partial charge < -0.3 is 5.11 Å². The molecule has 0 aromatic heterocycles. The topological polar surface area (TPSA) is 86.7 Å². The summed E-state index contributed by atoms with van der Waals surface area (Å²) >= 11 is 0. The molecule has 7 heteroatoms. The van der Waals surface area contributed by atoms with Crippen LogP contribution >= 0.6 is 0 Å². The summed E-state index contributed by atoms with van der Waals surface area (Å²) in [5.74, 6) is 0.0209. The van der Waals surface area contributed by atoms with Gasteiger partial charge in [0.05, 0.1) is 6.42 Å². The van der Waals surface area contributed by atoms with Crippen LogP contribution in [0.1, 0.15) is 19.8 Å². The van der Waals surface area contributed by atoms with E-state index in [9.17, 15) is 13.2 Å². The van der Waals surface area contributed by atoms with Crippen LogP contribution < -0.4 is 4.72 Å². The Hall–Kier alpha value is -0.660. The predicted octanol–water partition coefficient (Wildman–Crippen LogP) is -0.117. The Balaban J connectivity index is 2.33. The fraction of sp³-hybridized carbons (Fsp3) is 0.889. The largest absolute Gasteiger partial charge is 0.481 e. The smallest absolute Gasteiger partial charge is 0.304 e. The number of carbonyl (C=O) groups is 1. The first-order valence-corrected chi connectivity index (χ1v) is 6.69. The van der Waals surface area contributed by atoms with E-state index in [2.05, 4.69) is 11.6 Å². The van der Waals surface area contributed by atoms with Gasteiger partial charge >= 0.3 is 5.97 Å². The number of nitrogens with zero attached hydrogens (tertiary/aromatic N) is 1. The molecule has 0 amide bonds. The summed E-state index contributed by atoms with van der Waals surface area (Å²) in [5, 5.41) is 8.45. The van der Waals surface area contributed by atoms with Crippen molar-refractivity contribution >= 4 is 16.2 Å². The van der Waals surface area contributed by atoms with Crippen molar-refractivity contribution in [2.75, 3.05) is 20.1 Å². The molecule has 1 saturated carbocycles. The number of nitrogens with one attached hydrogen (secondary N) is 1. The Kier molecular flexibility index (Phi) is 4.28. The second-order valence-corrected chi connectivity index (χ2v) is 6.15. The standard InChI is InChI=1S/C9H18N2O4S/c1-7-5-8(7)6-10-16(14,15)11(2)4-3-9(12)13/h7-8,10H,3-6H2,1-2H3,(H,12,13). The molecule has 2 N–H and O–H groups in total. The maximum Gasteiger partial charge on any atom is 0.304 e. The third kappa shape index (κ3) is 4.07. The van der Waals surface area contributed by atoms with Gasteiger partial charge in [-0.25, -0.2) is 4.72 Å². The van der Waals surface area contributed by atoms with Crippen molar-refractivity contribution in [2.45, 2.75) is 19.8 Å². The Labute approximate surface area is 95.8 Å². The van der Waals surface area contributed by atoms with Gasteiger partial charge in [-0.2, -0.15) is 12.7 Å². The number of hydrogen-bond donors (Lipinski definition) is 2. The fourth-order valence-electron chi connectivity index (χ4n) is 1.38. The number of rotatable bonds is 7. The molecule has 94 valence electrons. The summed E-state index contributed by atoms with van der Waals surface area (Å²) in [5.41, 5.74) is 0. The third-order valence-electron chi connectivity index (χ3n) is 2.85. The molecular weight excluding hydrogens is 232 g/mol. The highest BCUT2D eigenvalue weighted by Gasteiger charge is 2.33. The van der Waals surface area contributed by atoms with Crippen molar-refractivity contribution in [3.05, 3.63) is 0 Å². The summed E-state index contributed by atoms with van der Waals surface area (Å²) in [7, 11) is -2.14. The van der Waals surface area contributed by atoms with Crippen molar-refractivity contribution < 1.29 is 18.3 Å². The quantitative estimate of drug-likeness (QED) is 0.659. The normalized spacial score (nSPS) is 24.7. The first kappa shape index (κ1) is 13.4. The summed E-state index contributed by atoms with van der Waals surface area (Å²) < 4.78 is 26.7. The molecule has 0 spiro atoms. The van der Waals surface area contributed by atoms with Crippen molar-refractivity contribution in [3.8, 4) is 0 Å². The van der Waals surface area contributed by atoms with Gasteiger partial charge in [-0.15, -0.1) is 0 Å². The molecule has 1 fully saturated rings. The first-order valence-electron chi connectivity index (χ1n) is 5.25. The van der Waals surface area contributed by atoms with Gasteiger partial charge in [-0.05, 0) is 18.3 Å². The molecule has 16 heavy (non-hydrogen) atoms. The van der Waals surface area contributed by atoms with Crippen LogP contribution in [-0.4, -0.2) is 43.9 Å². The average Bonchev–Trinajstić information content (AvgIpc) is 2.88. The van der Waals surface area contributed by atoms with Crippen LogP contribution in [0.4, 0.5) is 0 Å². The van der Waals surface area contributed by atoms with Crippen LogP contribution in [-0.2, 0) is 15.0 Å². The van der Waals surface area contributed by atoms with Crippen LogP contribution in [0.2, 0.25) is 0 Å². The molecule has 0 radical (unpaired) electrons. The Morgan fingerprint density at radius 2 is 2.12 bits per heavy atom. The van der Waals surface area contributed by atoms with Crippen LogP contribution in [0.25, 0.3) is 0 Å². The number of carboxylic acids is 1. The Bertz CT molecular complexity index is 355. The van der Waals surface area contributed by atoms with Gasteiger partial charge in [0.25, 0.3) is 10.2 Å². The van der Waals surface area contributed by atoms with E-state index < -0.39 is 16.2 Å². The summed E-state index contributed by atoms with van der Waals surface area (Å²) in [6.07, 6.45) is 0.874. The second-order valence-electron chi connectivity index (χ2n) is 4.29. The fourth-order valence-corrected chi connectivity index (χ4v) is 2.36. The molecule has 6 nitrogen and oxygen atoms in total. The number of hydrogen-bond acceptors (Lipinski definition) is 3. The van der Waals surface area contributed by atoms with E-state index in [1.165, 1.54) is 7.05 Å². The van der Waals surface area contributed by atoms with E-state index in [0.717, 1.165) is 10.7 Å². The summed E-state index contributed by atoms with van der Waals surface area (Å²) in [6, 6.07) is 0. The van der Waals surface area contributed by atoms with Crippen molar-refractivity contribution in [3.63, 3.8) is 0 Å². The maximum absolute atomic E-state index is 11.6. The van der Waals surface area contributed by atoms with Crippen molar-refractivity contribution in [1.29, 1.82) is 0 Å². The zero-order valence-corrected chi connectivity index (χ0v) is 10.3. The minimum absolute atomic E-state index is 0.00904. The molecular formula is C9H18N2O4S. The highest BCUT2D eigenvalue weighted by atomic mass is 32.2. The van der Waals surface area contributed by atoms with Crippen LogP contribution in [0.15, 0.2) is 0 Å². The lowest BCUT2D eigenvalue weighted by atomic mass is 10.3. The number of carboxylic acid groups (broad SMARTS) is 1. The molecule has 0 saturated heterocycles. The van der Waals surface area contributed by atoms with Crippen molar-refractivity contribution in [1.82, 2.24) is 9.03 Å². The van der Waals surface area contributed by atoms with E-state index in [0.29, 0.717) is 18.4 Å². The van der Waals surface area contributed by atoms with E-state index in [1.54, 1.807) is 0 Å². The van der Waals surface area contributed by atoms with E-state index in [4.69, 9.17) is 5.11 Å². The molecule has 2 atom stereocenters. The second kappa shape index (κ2) is 5.11. The monoisotopic (exact) mass is 250 g/mol. The van der Waals surface area contributed by atoms with Gasteiger partial charge in [0.2, 0.25) is 0 Å². The lowest BCUT2D eigenvalue weighted by molar-refractivity contribution is -0.137. The van der Waals surface area contributed by atoms with Crippen LogP contribution in [0, 0.1) is 11.8 Å². The van der Waals surface area contributed by atoms with Gasteiger partial charge in [0, 0.05) is 20.1 Å². The van der Waals surface area contributed by atoms with Gasteiger partial charge in [-0.3, -0.25) is 4.79 Å². The molecule has 1 rings (SSSR count). The molecule has 1 aliphatic rings. The molecule has 0 heterocycles. The molecule has 0 bridgehead atoms. The Morgan fingerprint density at radius 1 is 1.56 bits per heavy atom. The SMILES string of the molecule is CC1CC1CNS(=O)(=O)N(C)CCC(=O)O. The van der Waals surface area contributed by atoms with Crippen LogP contribution in [0.3, 0.4) is 0 Å². The van der Waals surface area contributed by atoms with Crippen LogP contribution in [0.5, 0.6) is 0 Å². The molecule has 1 aliphatic carbocycles. The summed E-state index contributed by atoms with van der Waals surface area (Å²) in [4.78, 5) is 10.3. The highest BCUT2D eigenvalue weighted by molar-refractivity contribution is 7.87. The number of aliphatic carboxylic acids is 1. The summed E-state index contributed by atoms with van der Waals surface area (Å²) in [6.45, 7) is 2.51. The molecule has 0 aromatic carbocycles. The maximum atomic E-state index is 11.6. The van der Waals surface area contributed by atoms with Gasteiger partial charge in [0.1, 0.15) is 0 Å². The van der Waals surface area contributed by atoms with Gasteiger partial charge in [-0.1, -0.05) is 6.92 Å². The van der Waals surface area contributed by atoms with E-state index >= 15 is 0 Å². The first-order chi connectivity index (χ1) is 7.33. The van der Waals surface area contributed by atoms with E-state index in [1.807, 2.05) is 0 Å². The zero-order chi connectivity index (χ0) is 12.3. The predicted molar refractivity (Wildman–Crippen MR) is 59.1 cm³/mol. The highest BCUT2D eigenvalue weighted by Crippen LogP contribution is 2.36. The van der Waals surface area contributed by atoms with E-state index in [-0.39, 0.29) is 13.0 Å². The third-order valence-corrected chi connectivity index (χ3v) is 4.39. The lowest BCUT2D eigenvalue weighted by Gasteiger charge is -2.16. The molecule has 0 aromatic rings.